The molecule has 2 aromatic carbocycles. The third-order valence-corrected chi connectivity index (χ3v) is 5.43. The number of Topliss-reactive ketones (excluding diaryl/α,β-unsaturated/α-hetero) is 1. The topological polar surface area (TPSA) is 74.8 Å². The molecule has 0 unspecified atom stereocenters. The van der Waals surface area contributed by atoms with Gasteiger partial charge in [0.05, 0.1) is 6.54 Å². The highest BCUT2D eigenvalue weighted by molar-refractivity contribution is 6.09. The number of likely N-dealkylation sites (tertiary alicyclic amines) is 2. The Morgan fingerprint density at radius 2 is 1.24 bits per heavy atom. The van der Waals surface area contributed by atoms with Crippen LogP contribution < -0.4 is 0 Å². The third-order valence-electron chi connectivity index (χ3n) is 5.43. The van der Waals surface area contributed by atoms with Crippen molar-refractivity contribution in [2.45, 2.75) is 44.2 Å². The Morgan fingerprint density at radius 3 is 1.79 bits per heavy atom. The Labute approximate surface area is 193 Å². The van der Waals surface area contributed by atoms with Gasteiger partial charge in [-0.3, -0.25) is 24.1 Å². The van der Waals surface area contributed by atoms with Gasteiger partial charge in [0.15, 0.2) is 0 Å². The predicted octanol–water partition coefficient (Wildman–Crippen LogP) is 3.59. The second kappa shape index (κ2) is 10.1. The van der Waals surface area contributed by atoms with Crippen LogP contribution in [0.4, 0.5) is 17.6 Å². The first-order valence-electron chi connectivity index (χ1n) is 10.5. The van der Waals surface area contributed by atoms with Crippen molar-refractivity contribution in [3.05, 3.63) is 71.8 Å². The molecule has 0 aromatic heterocycles. The van der Waals surface area contributed by atoms with Crippen LogP contribution in [0.15, 0.2) is 60.7 Å². The van der Waals surface area contributed by atoms with E-state index in [4.69, 9.17) is 0 Å². The highest BCUT2D eigenvalue weighted by Crippen LogP contribution is 2.29. The molecule has 2 heterocycles. The summed E-state index contributed by atoms with van der Waals surface area (Å²) in [5.74, 6) is -11.9. The van der Waals surface area contributed by atoms with Crippen molar-refractivity contribution in [3.8, 4) is 0 Å². The summed E-state index contributed by atoms with van der Waals surface area (Å²) in [6, 6.07) is 17.5. The summed E-state index contributed by atoms with van der Waals surface area (Å²) in [4.78, 5) is 46.9. The Kier molecular flexibility index (Phi) is 7.48. The molecular weight excluding hydrogens is 456 g/mol. The van der Waals surface area contributed by atoms with Gasteiger partial charge in [0, 0.05) is 32.4 Å². The monoisotopic (exact) mass is 478 g/mol. The fourth-order valence-corrected chi connectivity index (χ4v) is 3.51. The maximum atomic E-state index is 13.2. The molecule has 180 valence electrons. The lowest BCUT2D eigenvalue weighted by Gasteiger charge is -2.30. The molecular formula is C24H22F4N2O4. The number of hydrogen-bond acceptors (Lipinski definition) is 4. The van der Waals surface area contributed by atoms with Crippen LogP contribution in [-0.2, 0) is 32.3 Å². The van der Waals surface area contributed by atoms with Crippen LogP contribution in [0.3, 0.4) is 0 Å². The largest absolute Gasteiger partial charge is 0.381 e. The lowest BCUT2D eigenvalue weighted by molar-refractivity contribution is -0.173. The zero-order valence-corrected chi connectivity index (χ0v) is 18.1. The minimum atomic E-state index is -3.85. The van der Waals surface area contributed by atoms with E-state index in [9.17, 15) is 36.7 Å². The number of amides is 3. The van der Waals surface area contributed by atoms with Gasteiger partial charge in [-0.1, -0.05) is 60.7 Å². The summed E-state index contributed by atoms with van der Waals surface area (Å²) in [5.41, 5.74) is 1.43. The number of nitrogens with zero attached hydrogens (tertiary/aromatic N) is 2. The molecule has 0 atom stereocenters. The molecule has 0 saturated carbocycles. The molecule has 4 rings (SSSR count). The minimum Gasteiger partial charge on any atom is -0.332 e. The Balaban J connectivity index is 0.000000191. The summed E-state index contributed by atoms with van der Waals surface area (Å²) < 4.78 is 52.8. The fourth-order valence-electron chi connectivity index (χ4n) is 3.51. The standard InChI is InChI=1S/2C12H11F2NO2/c13-12(14)10(16)6-7-15(11(12)17)8-9-4-2-1-3-5-9;13-12(14)7-6-10(16)15(11(12)17)8-9-4-2-1-3-5-9/h2*1-5H,6-8H2. The third kappa shape index (κ3) is 5.67. The van der Waals surface area contributed by atoms with Crippen LogP contribution in [0, 0.1) is 0 Å². The van der Waals surface area contributed by atoms with Crippen LogP contribution in [0.25, 0.3) is 0 Å². The van der Waals surface area contributed by atoms with Gasteiger partial charge in [-0.2, -0.15) is 17.6 Å². The smallest absolute Gasteiger partial charge is 0.332 e. The lowest BCUT2D eigenvalue weighted by atomic mass is 10.0. The molecule has 2 aliphatic rings. The number of hydrogen-bond donors (Lipinski definition) is 0. The summed E-state index contributed by atoms with van der Waals surface area (Å²) in [7, 11) is 0. The summed E-state index contributed by atoms with van der Waals surface area (Å²) in [5, 5.41) is 0. The van der Waals surface area contributed by atoms with Crippen molar-refractivity contribution in [1.29, 1.82) is 0 Å². The van der Waals surface area contributed by atoms with E-state index in [1.807, 2.05) is 0 Å². The van der Waals surface area contributed by atoms with E-state index < -0.39 is 41.8 Å². The molecule has 2 fully saturated rings. The van der Waals surface area contributed by atoms with Gasteiger partial charge in [0.25, 0.3) is 5.91 Å². The SMILES string of the molecule is O=C1CCC(F)(F)C(=O)N1Cc1ccccc1.O=C1CCN(Cc2ccccc2)C(=O)C1(F)F. The molecule has 0 aliphatic carbocycles. The molecule has 34 heavy (non-hydrogen) atoms. The first kappa shape index (κ1) is 25.1. The Hall–Kier alpha value is -3.56. The molecule has 2 aliphatic heterocycles. The van der Waals surface area contributed by atoms with Crippen molar-refractivity contribution in [2.75, 3.05) is 6.54 Å². The van der Waals surface area contributed by atoms with E-state index in [1.165, 1.54) is 0 Å². The van der Waals surface area contributed by atoms with Gasteiger partial charge >= 0.3 is 17.8 Å². The molecule has 0 N–H and O–H groups in total. The van der Waals surface area contributed by atoms with Crippen molar-refractivity contribution in [1.82, 2.24) is 9.80 Å². The van der Waals surface area contributed by atoms with Crippen molar-refractivity contribution in [2.24, 2.45) is 0 Å². The summed E-state index contributed by atoms with van der Waals surface area (Å²) in [6.45, 7) is 0.0821. The van der Waals surface area contributed by atoms with E-state index >= 15 is 0 Å². The summed E-state index contributed by atoms with van der Waals surface area (Å²) >= 11 is 0. The van der Waals surface area contributed by atoms with Crippen LogP contribution in [0.1, 0.15) is 30.4 Å². The van der Waals surface area contributed by atoms with E-state index in [2.05, 4.69) is 0 Å². The van der Waals surface area contributed by atoms with E-state index in [0.717, 1.165) is 10.5 Å². The summed E-state index contributed by atoms with van der Waals surface area (Å²) in [6.07, 6.45) is -1.26. The number of imide groups is 1. The molecule has 2 aromatic rings. The second-order valence-corrected chi connectivity index (χ2v) is 7.93. The maximum Gasteiger partial charge on any atom is 0.381 e. The van der Waals surface area contributed by atoms with Crippen LogP contribution >= 0.6 is 0 Å². The van der Waals surface area contributed by atoms with Crippen LogP contribution in [-0.4, -0.2) is 51.7 Å². The minimum absolute atomic E-state index is 0.0577. The predicted molar refractivity (Wildman–Crippen MR) is 113 cm³/mol. The molecule has 0 bridgehead atoms. The number of ketones is 1. The highest BCUT2D eigenvalue weighted by atomic mass is 19.3. The zero-order valence-electron chi connectivity index (χ0n) is 18.1. The highest BCUT2D eigenvalue weighted by Gasteiger charge is 2.52. The van der Waals surface area contributed by atoms with Gasteiger partial charge in [0.2, 0.25) is 11.7 Å². The van der Waals surface area contributed by atoms with Gasteiger partial charge in [-0.15, -0.1) is 0 Å². The lowest BCUT2D eigenvalue weighted by Crippen LogP contribution is -2.53. The van der Waals surface area contributed by atoms with E-state index in [0.29, 0.717) is 10.5 Å². The quantitative estimate of drug-likeness (QED) is 0.383. The van der Waals surface area contributed by atoms with Gasteiger partial charge in [-0.25, -0.2) is 0 Å². The average Bonchev–Trinajstić information content (AvgIpc) is 2.82. The van der Waals surface area contributed by atoms with Gasteiger partial charge in [-0.05, 0) is 11.1 Å². The number of piperidine rings is 2. The van der Waals surface area contributed by atoms with Gasteiger partial charge in [0.1, 0.15) is 0 Å². The molecule has 10 heteroatoms. The average molecular weight is 478 g/mol. The normalized spacial score (nSPS) is 19.5. The second-order valence-electron chi connectivity index (χ2n) is 7.93. The molecule has 0 radical (unpaired) electrons. The first-order chi connectivity index (χ1) is 16.0. The maximum absolute atomic E-state index is 13.2. The van der Waals surface area contributed by atoms with Crippen LogP contribution in [0.5, 0.6) is 0 Å². The van der Waals surface area contributed by atoms with Crippen molar-refractivity contribution in [3.63, 3.8) is 0 Å². The fraction of sp³-hybridized carbons (Fsp3) is 0.333. The van der Waals surface area contributed by atoms with Gasteiger partial charge < -0.3 is 4.90 Å². The molecule has 6 nitrogen and oxygen atoms in total. The number of rotatable bonds is 4. The van der Waals surface area contributed by atoms with Crippen molar-refractivity contribution >= 4 is 23.5 Å². The number of benzene rings is 2. The van der Waals surface area contributed by atoms with E-state index in [1.54, 1.807) is 60.7 Å². The Morgan fingerprint density at radius 1 is 0.706 bits per heavy atom. The molecule has 3 amide bonds. The molecule has 2 saturated heterocycles. The zero-order chi connectivity index (χ0) is 24.9. The van der Waals surface area contributed by atoms with Crippen LogP contribution in [0.2, 0.25) is 0 Å². The van der Waals surface area contributed by atoms with E-state index in [-0.39, 0.29) is 32.5 Å². The number of carbonyl (C=O) groups excluding carboxylic acids is 4. The number of carbonyl (C=O) groups is 4. The molecule has 0 spiro atoms. The first-order valence-corrected chi connectivity index (χ1v) is 10.5. The Bertz CT molecular complexity index is 1060. The number of alkyl halides is 4. The number of halogens is 4. The van der Waals surface area contributed by atoms with Crippen molar-refractivity contribution < 1.29 is 36.7 Å².